The second-order valence-corrected chi connectivity index (χ2v) is 3.74. The van der Waals surface area contributed by atoms with E-state index in [1.54, 1.807) is 12.4 Å². The minimum absolute atomic E-state index is 0.107. The van der Waals surface area contributed by atoms with Crippen molar-refractivity contribution in [3.8, 4) is 0 Å². The highest BCUT2D eigenvalue weighted by atomic mass is 79.9. The highest BCUT2D eigenvalue weighted by Gasteiger charge is 2.03. The maximum Gasteiger partial charge on any atom is 0.0632 e. The first-order valence-electron chi connectivity index (χ1n) is 4.24. The molecule has 4 heteroatoms. The Morgan fingerprint density at radius 3 is 2.92 bits per heavy atom. The third-order valence-electron chi connectivity index (χ3n) is 1.79. The first kappa shape index (κ1) is 10.5. The van der Waals surface area contributed by atoms with E-state index in [2.05, 4.69) is 26.2 Å². The summed E-state index contributed by atoms with van der Waals surface area (Å²) in [5.74, 6) is 0. The molecule has 1 aromatic heterocycles. The molecule has 0 radical (unpaired) electrons. The zero-order valence-corrected chi connectivity index (χ0v) is 9.08. The Balaban J connectivity index is 2.62. The molecule has 2 N–H and O–H groups in total. The van der Waals surface area contributed by atoms with Crippen LogP contribution in [0, 0.1) is 0 Å². The van der Waals surface area contributed by atoms with E-state index in [9.17, 15) is 0 Å². The Morgan fingerprint density at radius 1 is 1.62 bits per heavy atom. The third kappa shape index (κ3) is 3.32. The summed E-state index contributed by atoms with van der Waals surface area (Å²) in [5, 5.41) is 12.1. The van der Waals surface area contributed by atoms with Gasteiger partial charge < -0.3 is 10.4 Å². The van der Waals surface area contributed by atoms with E-state index in [4.69, 9.17) is 5.11 Å². The van der Waals surface area contributed by atoms with Crippen LogP contribution in [-0.2, 0) is 0 Å². The van der Waals surface area contributed by atoms with Crippen LogP contribution in [0.3, 0.4) is 0 Å². The fraction of sp³-hybridized carbons (Fsp3) is 0.444. The van der Waals surface area contributed by atoms with Gasteiger partial charge in [0.25, 0.3) is 0 Å². The molecule has 0 spiro atoms. The van der Waals surface area contributed by atoms with Gasteiger partial charge in [0.1, 0.15) is 0 Å². The second kappa shape index (κ2) is 5.19. The summed E-state index contributed by atoms with van der Waals surface area (Å²) in [6.07, 6.45) is 4.36. The molecule has 72 valence electrons. The monoisotopic (exact) mass is 244 g/mol. The van der Waals surface area contributed by atoms with Crippen LogP contribution in [0.15, 0.2) is 22.9 Å². The van der Waals surface area contributed by atoms with Crippen LogP contribution < -0.4 is 5.32 Å². The van der Waals surface area contributed by atoms with Gasteiger partial charge in [-0.3, -0.25) is 4.98 Å². The van der Waals surface area contributed by atoms with Gasteiger partial charge in [-0.05, 0) is 28.4 Å². The number of halogens is 1. The molecule has 0 fully saturated rings. The minimum atomic E-state index is 0.107. The molecule has 0 aliphatic carbocycles. The first-order valence-corrected chi connectivity index (χ1v) is 5.03. The molecule has 0 aliphatic heterocycles. The van der Waals surface area contributed by atoms with Crippen molar-refractivity contribution in [2.24, 2.45) is 0 Å². The van der Waals surface area contributed by atoms with Crippen LogP contribution in [-0.4, -0.2) is 22.7 Å². The highest BCUT2D eigenvalue weighted by Crippen LogP contribution is 2.14. The molecule has 1 rings (SSSR count). The predicted octanol–water partition coefficient (Wildman–Crippen LogP) is 2.03. The highest BCUT2D eigenvalue weighted by molar-refractivity contribution is 9.10. The van der Waals surface area contributed by atoms with Crippen molar-refractivity contribution >= 4 is 21.6 Å². The zero-order valence-electron chi connectivity index (χ0n) is 7.50. The molecule has 0 aromatic carbocycles. The molecule has 3 nitrogen and oxygen atoms in total. The van der Waals surface area contributed by atoms with Gasteiger partial charge in [-0.1, -0.05) is 6.92 Å². The smallest absolute Gasteiger partial charge is 0.0632 e. The summed E-state index contributed by atoms with van der Waals surface area (Å²) in [6, 6.07) is 2.04. The Hall–Kier alpha value is -0.610. The number of hydrogen-bond donors (Lipinski definition) is 2. The summed E-state index contributed by atoms with van der Waals surface area (Å²) >= 11 is 3.33. The van der Waals surface area contributed by atoms with Crippen molar-refractivity contribution in [2.75, 3.05) is 11.9 Å². The number of rotatable bonds is 4. The predicted molar refractivity (Wildman–Crippen MR) is 56.7 cm³/mol. The van der Waals surface area contributed by atoms with Crippen molar-refractivity contribution in [3.05, 3.63) is 22.9 Å². The topological polar surface area (TPSA) is 45.1 Å². The molecular formula is C9H13BrN2O. The lowest BCUT2D eigenvalue weighted by atomic mass is 10.2. The number of aliphatic hydroxyl groups excluding tert-OH is 1. The van der Waals surface area contributed by atoms with E-state index in [-0.39, 0.29) is 12.6 Å². The van der Waals surface area contributed by atoms with Crippen LogP contribution >= 0.6 is 15.9 Å². The molecule has 0 bridgehead atoms. The van der Waals surface area contributed by atoms with Crippen molar-refractivity contribution < 1.29 is 5.11 Å². The fourth-order valence-electron chi connectivity index (χ4n) is 1.00. The summed E-state index contributed by atoms with van der Waals surface area (Å²) in [6.45, 7) is 2.17. The SMILES string of the molecule is CC[C@@H](CO)Nc1cncc(Br)c1. The van der Waals surface area contributed by atoms with Crippen molar-refractivity contribution in [3.63, 3.8) is 0 Å². The molecule has 1 heterocycles. The Kier molecular flexibility index (Phi) is 4.18. The van der Waals surface area contributed by atoms with Gasteiger partial charge in [-0.25, -0.2) is 0 Å². The lowest BCUT2D eigenvalue weighted by molar-refractivity contribution is 0.272. The summed E-state index contributed by atoms with van der Waals surface area (Å²) in [5.41, 5.74) is 0.926. The first-order chi connectivity index (χ1) is 6.26. The molecular weight excluding hydrogens is 232 g/mol. The van der Waals surface area contributed by atoms with E-state index in [1.165, 1.54) is 0 Å². The second-order valence-electron chi connectivity index (χ2n) is 2.82. The normalized spacial score (nSPS) is 12.5. The number of nitrogens with one attached hydrogen (secondary N) is 1. The number of hydrogen-bond acceptors (Lipinski definition) is 3. The third-order valence-corrected chi connectivity index (χ3v) is 2.22. The molecule has 1 atom stereocenters. The largest absolute Gasteiger partial charge is 0.394 e. The van der Waals surface area contributed by atoms with Crippen LogP contribution in [0.25, 0.3) is 0 Å². The van der Waals surface area contributed by atoms with Gasteiger partial charge in [-0.2, -0.15) is 0 Å². The molecule has 0 saturated carbocycles. The molecule has 0 aliphatic rings. The number of anilines is 1. The lowest BCUT2D eigenvalue weighted by Crippen LogP contribution is -2.22. The van der Waals surface area contributed by atoms with Gasteiger partial charge in [0, 0.05) is 16.7 Å². The number of nitrogens with zero attached hydrogens (tertiary/aromatic N) is 1. The van der Waals surface area contributed by atoms with E-state index in [0.29, 0.717) is 0 Å². The zero-order chi connectivity index (χ0) is 9.68. The van der Waals surface area contributed by atoms with Crippen LogP contribution in [0.1, 0.15) is 13.3 Å². The minimum Gasteiger partial charge on any atom is -0.394 e. The van der Waals surface area contributed by atoms with Crippen LogP contribution in [0.4, 0.5) is 5.69 Å². The summed E-state index contributed by atoms with van der Waals surface area (Å²) in [7, 11) is 0. The maximum atomic E-state index is 8.96. The van der Waals surface area contributed by atoms with E-state index < -0.39 is 0 Å². The Bertz CT molecular complexity index is 264. The quantitative estimate of drug-likeness (QED) is 0.853. The Labute approximate surface area is 86.3 Å². The van der Waals surface area contributed by atoms with Crippen molar-refractivity contribution in [1.29, 1.82) is 0 Å². The summed E-state index contributed by atoms with van der Waals surface area (Å²) in [4.78, 5) is 4.01. The van der Waals surface area contributed by atoms with E-state index in [0.717, 1.165) is 16.6 Å². The van der Waals surface area contributed by atoms with Crippen LogP contribution in [0.5, 0.6) is 0 Å². The van der Waals surface area contributed by atoms with Crippen LogP contribution in [0.2, 0.25) is 0 Å². The average Bonchev–Trinajstić information content (AvgIpc) is 2.14. The van der Waals surface area contributed by atoms with E-state index >= 15 is 0 Å². The van der Waals surface area contributed by atoms with Gasteiger partial charge in [-0.15, -0.1) is 0 Å². The maximum absolute atomic E-state index is 8.96. The molecule has 0 amide bonds. The van der Waals surface area contributed by atoms with Crippen molar-refractivity contribution in [1.82, 2.24) is 4.98 Å². The van der Waals surface area contributed by atoms with Crippen molar-refractivity contribution in [2.45, 2.75) is 19.4 Å². The average molecular weight is 245 g/mol. The fourth-order valence-corrected chi connectivity index (χ4v) is 1.37. The van der Waals surface area contributed by atoms with Gasteiger partial charge in [0.05, 0.1) is 18.5 Å². The molecule has 13 heavy (non-hydrogen) atoms. The molecule has 0 saturated heterocycles. The summed E-state index contributed by atoms with van der Waals surface area (Å²) < 4.78 is 0.935. The number of pyridine rings is 1. The Morgan fingerprint density at radius 2 is 2.38 bits per heavy atom. The van der Waals surface area contributed by atoms with Gasteiger partial charge >= 0.3 is 0 Å². The van der Waals surface area contributed by atoms with Gasteiger partial charge in [0.15, 0.2) is 0 Å². The molecule has 1 aromatic rings. The number of aliphatic hydroxyl groups is 1. The molecule has 0 unspecified atom stereocenters. The standard InChI is InChI=1S/C9H13BrN2O/c1-2-8(6-13)12-9-3-7(10)4-11-5-9/h3-5,8,12-13H,2,6H2,1H3/t8-/m0/s1. The lowest BCUT2D eigenvalue weighted by Gasteiger charge is -2.14. The van der Waals surface area contributed by atoms with Gasteiger partial charge in [0.2, 0.25) is 0 Å². The van der Waals surface area contributed by atoms with E-state index in [1.807, 2.05) is 13.0 Å². The number of aromatic nitrogens is 1.